The molecule has 0 fully saturated rings. The van der Waals surface area contributed by atoms with Gasteiger partial charge in [-0.15, -0.1) is 0 Å². The highest BCUT2D eigenvalue weighted by atomic mass is 32.2. The topological polar surface area (TPSA) is 46.2 Å². The van der Waals surface area contributed by atoms with Gasteiger partial charge in [-0.1, -0.05) is 34.1 Å². The Morgan fingerprint density at radius 3 is 2.29 bits per heavy atom. The summed E-state index contributed by atoms with van der Waals surface area (Å²) in [7, 11) is -2.79. The number of sulfone groups is 1. The molecule has 0 spiro atoms. The zero-order valence-corrected chi connectivity index (χ0v) is 12.6. The van der Waals surface area contributed by atoms with E-state index in [9.17, 15) is 8.42 Å². The minimum atomic E-state index is -2.79. The largest absolute Gasteiger partial charge is 0.314 e. The van der Waals surface area contributed by atoms with Crippen LogP contribution in [0.15, 0.2) is 0 Å². The summed E-state index contributed by atoms with van der Waals surface area (Å²) in [6.45, 7) is 9.24. The molecule has 0 aliphatic rings. The molecule has 0 aliphatic carbocycles. The van der Waals surface area contributed by atoms with Gasteiger partial charge in [0.05, 0.1) is 5.75 Å². The molecule has 0 aromatic carbocycles. The molecular weight excluding hydrogens is 234 g/mol. The Hall–Kier alpha value is -0.0900. The van der Waals surface area contributed by atoms with Gasteiger partial charge in [0.25, 0.3) is 0 Å². The average Bonchev–Trinajstić information content (AvgIpc) is 2.29. The molecule has 0 heterocycles. The lowest BCUT2D eigenvalue weighted by atomic mass is 9.96. The molecule has 17 heavy (non-hydrogen) atoms. The monoisotopic (exact) mass is 263 g/mol. The van der Waals surface area contributed by atoms with Crippen LogP contribution < -0.4 is 5.32 Å². The maximum absolute atomic E-state index is 11.4. The van der Waals surface area contributed by atoms with Gasteiger partial charge in [-0.25, -0.2) is 8.42 Å². The van der Waals surface area contributed by atoms with Crippen molar-refractivity contribution >= 4 is 9.84 Å². The van der Waals surface area contributed by atoms with Gasteiger partial charge in [-0.05, 0) is 31.7 Å². The normalized spacial score (nSPS) is 15.8. The first kappa shape index (κ1) is 16.9. The van der Waals surface area contributed by atoms with E-state index in [0.717, 1.165) is 25.8 Å². The van der Waals surface area contributed by atoms with E-state index in [0.29, 0.717) is 17.7 Å². The fourth-order valence-corrected chi connectivity index (χ4v) is 2.83. The number of rotatable bonds is 10. The Morgan fingerprint density at radius 2 is 1.82 bits per heavy atom. The van der Waals surface area contributed by atoms with E-state index in [1.807, 2.05) is 0 Å². The van der Waals surface area contributed by atoms with E-state index in [-0.39, 0.29) is 5.75 Å². The molecule has 0 bridgehead atoms. The first-order valence-corrected chi connectivity index (χ1v) is 8.71. The maximum atomic E-state index is 11.4. The van der Waals surface area contributed by atoms with Gasteiger partial charge in [-0.3, -0.25) is 0 Å². The lowest BCUT2D eigenvalue weighted by Gasteiger charge is -2.21. The summed E-state index contributed by atoms with van der Waals surface area (Å²) < 4.78 is 22.8. The Morgan fingerprint density at radius 1 is 1.18 bits per heavy atom. The van der Waals surface area contributed by atoms with Crippen LogP contribution >= 0.6 is 0 Å². The van der Waals surface area contributed by atoms with Crippen LogP contribution in [0.3, 0.4) is 0 Å². The number of nitrogens with one attached hydrogen (secondary N) is 1. The Bertz CT molecular complexity index is 275. The maximum Gasteiger partial charge on any atom is 0.150 e. The summed E-state index contributed by atoms with van der Waals surface area (Å²) in [5, 5.41) is 3.46. The van der Waals surface area contributed by atoms with Gasteiger partial charge >= 0.3 is 0 Å². The van der Waals surface area contributed by atoms with Crippen molar-refractivity contribution in [1.82, 2.24) is 5.32 Å². The minimum absolute atomic E-state index is 0.268. The highest BCUT2D eigenvalue weighted by Gasteiger charge is 2.13. The van der Waals surface area contributed by atoms with Crippen LogP contribution in [0.1, 0.15) is 53.4 Å². The summed E-state index contributed by atoms with van der Waals surface area (Å²) in [5.74, 6) is 1.32. The molecule has 0 saturated heterocycles. The molecule has 0 aromatic heterocycles. The van der Waals surface area contributed by atoms with Crippen molar-refractivity contribution in [2.75, 3.05) is 18.1 Å². The van der Waals surface area contributed by atoms with Crippen molar-refractivity contribution < 1.29 is 8.42 Å². The highest BCUT2D eigenvalue weighted by Crippen LogP contribution is 2.14. The molecule has 104 valence electrons. The molecule has 0 aromatic rings. The summed E-state index contributed by atoms with van der Waals surface area (Å²) in [6.07, 6.45) is 4.09. The van der Waals surface area contributed by atoms with Gasteiger partial charge < -0.3 is 5.32 Å². The first-order valence-electron chi connectivity index (χ1n) is 6.88. The van der Waals surface area contributed by atoms with E-state index in [1.165, 1.54) is 6.42 Å². The second-order valence-electron chi connectivity index (χ2n) is 4.88. The van der Waals surface area contributed by atoms with Gasteiger partial charge in [0, 0.05) is 11.8 Å². The van der Waals surface area contributed by atoms with Crippen molar-refractivity contribution in [3.8, 4) is 0 Å². The fraction of sp³-hybridized carbons (Fsp3) is 1.00. The predicted octanol–water partition coefficient (Wildman–Crippen LogP) is 2.62. The Labute approximate surface area is 107 Å². The number of hydrogen-bond donors (Lipinski definition) is 1. The van der Waals surface area contributed by atoms with Crippen molar-refractivity contribution in [2.24, 2.45) is 5.92 Å². The average molecular weight is 263 g/mol. The van der Waals surface area contributed by atoms with E-state index >= 15 is 0 Å². The van der Waals surface area contributed by atoms with Crippen LogP contribution in [-0.4, -0.2) is 32.5 Å². The molecule has 0 saturated carbocycles. The van der Waals surface area contributed by atoms with Crippen LogP contribution in [0.5, 0.6) is 0 Å². The highest BCUT2D eigenvalue weighted by molar-refractivity contribution is 7.91. The third-order valence-corrected chi connectivity index (χ3v) is 5.11. The van der Waals surface area contributed by atoms with Crippen LogP contribution in [0.4, 0.5) is 0 Å². The zero-order valence-electron chi connectivity index (χ0n) is 11.8. The van der Waals surface area contributed by atoms with Crippen molar-refractivity contribution in [3.05, 3.63) is 0 Å². The molecule has 2 atom stereocenters. The van der Waals surface area contributed by atoms with Crippen LogP contribution in [0.25, 0.3) is 0 Å². The predicted molar refractivity (Wildman–Crippen MR) is 75.1 cm³/mol. The number of hydrogen-bond acceptors (Lipinski definition) is 3. The Kier molecular flexibility index (Phi) is 8.88. The van der Waals surface area contributed by atoms with E-state index < -0.39 is 9.84 Å². The molecule has 0 amide bonds. The third-order valence-electron chi connectivity index (χ3n) is 3.32. The summed E-state index contributed by atoms with van der Waals surface area (Å²) in [5.41, 5.74) is 0. The second-order valence-corrected chi connectivity index (χ2v) is 7.36. The SMILES string of the molecule is CCNC(CCCS(=O)(=O)CC)CC(C)CC. The smallest absolute Gasteiger partial charge is 0.150 e. The van der Waals surface area contributed by atoms with E-state index in [4.69, 9.17) is 0 Å². The standard InChI is InChI=1S/C13H29NO2S/c1-5-12(4)11-13(14-6-2)9-8-10-17(15,16)7-3/h12-14H,5-11H2,1-4H3. The molecular formula is C13H29NO2S. The summed E-state index contributed by atoms with van der Waals surface area (Å²) >= 11 is 0. The molecule has 0 rings (SSSR count). The molecule has 3 nitrogen and oxygen atoms in total. The second kappa shape index (κ2) is 8.92. The summed E-state index contributed by atoms with van der Waals surface area (Å²) in [4.78, 5) is 0. The van der Waals surface area contributed by atoms with Crippen LogP contribution in [0, 0.1) is 5.92 Å². The Balaban J connectivity index is 4.00. The van der Waals surface area contributed by atoms with E-state index in [1.54, 1.807) is 6.92 Å². The van der Waals surface area contributed by atoms with Gasteiger partial charge in [0.2, 0.25) is 0 Å². The molecule has 0 aliphatic heterocycles. The van der Waals surface area contributed by atoms with Crippen molar-refractivity contribution in [2.45, 2.75) is 59.4 Å². The van der Waals surface area contributed by atoms with Gasteiger partial charge in [0.15, 0.2) is 0 Å². The molecule has 1 N–H and O–H groups in total. The summed E-state index contributed by atoms with van der Waals surface area (Å²) in [6, 6.07) is 0.474. The van der Waals surface area contributed by atoms with Crippen LogP contribution in [0.2, 0.25) is 0 Å². The lowest BCUT2D eigenvalue weighted by molar-refractivity contribution is 0.380. The quantitative estimate of drug-likeness (QED) is 0.659. The zero-order chi connectivity index (χ0) is 13.3. The van der Waals surface area contributed by atoms with Crippen molar-refractivity contribution in [3.63, 3.8) is 0 Å². The lowest BCUT2D eigenvalue weighted by Crippen LogP contribution is -2.31. The fourth-order valence-electron chi connectivity index (χ4n) is 1.94. The van der Waals surface area contributed by atoms with Crippen molar-refractivity contribution in [1.29, 1.82) is 0 Å². The minimum Gasteiger partial charge on any atom is -0.314 e. The van der Waals surface area contributed by atoms with Gasteiger partial charge in [-0.2, -0.15) is 0 Å². The molecule has 2 unspecified atom stereocenters. The molecule has 0 radical (unpaired) electrons. The van der Waals surface area contributed by atoms with Gasteiger partial charge in [0.1, 0.15) is 9.84 Å². The first-order chi connectivity index (χ1) is 7.95. The molecule has 4 heteroatoms. The van der Waals surface area contributed by atoms with E-state index in [2.05, 4.69) is 26.1 Å². The van der Waals surface area contributed by atoms with Crippen LogP contribution in [-0.2, 0) is 9.84 Å². The third kappa shape index (κ3) is 8.61.